The van der Waals surface area contributed by atoms with Gasteiger partial charge in [0.1, 0.15) is 23.7 Å². The van der Waals surface area contributed by atoms with Gasteiger partial charge in [0, 0.05) is 31.7 Å². The fourth-order valence-electron chi connectivity index (χ4n) is 4.69. The average Bonchev–Trinajstić information content (AvgIpc) is 3.14. The van der Waals surface area contributed by atoms with Crippen LogP contribution in [0.2, 0.25) is 5.02 Å². The van der Waals surface area contributed by atoms with Crippen LogP contribution in [0.25, 0.3) is 0 Å². The highest BCUT2D eigenvalue weighted by atomic mass is 35.5. The number of hydrogen-bond donors (Lipinski definition) is 1. The molecule has 1 fully saturated rings. The van der Waals surface area contributed by atoms with E-state index in [1.165, 1.54) is 11.3 Å². The van der Waals surface area contributed by atoms with Crippen LogP contribution in [-0.2, 0) is 13.1 Å². The fourth-order valence-corrected chi connectivity index (χ4v) is 4.86. The fraction of sp³-hybridized carbons (Fsp3) is 0.464. The first-order valence-corrected chi connectivity index (χ1v) is 12.7. The van der Waals surface area contributed by atoms with Crippen LogP contribution in [0.4, 0.5) is 0 Å². The van der Waals surface area contributed by atoms with Crippen LogP contribution >= 0.6 is 11.6 Å². The summed E-state index contributed by atoms with van der Waals surface area (Å²) in [7, 11) is 0. The molecule has 2 heterocycles. The van der Waals surface area contributed by atoms with Gasteiger partial charge in [-0.3, -0.25) is 9.58 Å². The normalized spacial score (nSPS) is 18.5. The Morgan fingerprint density at radius 2 is 1.94 bits per heavy atom. The lowest BCUT2D eigenvalue weighted by molar-refractivity contribution is -0.0621. The summed E-state index contributed by atoms with van der Waals surface area (Å²) in [6.45, 7) is 10.1. The minimum Gasteiger partial charge on any atom is -0.494 e. The SMILES string of the molecule is Cc1ccc(Cl)c(OC[C@]2(O)CCCN(Cc3cccc(OCCCn4nc(C)cc4C)c3)C2)c1. The second kappa shape index (κ2) is 11.5. The number of benzene rings is 2. The molecule has 0 amide bonds. The van der Waals surface area contributed by atoms with Gasteiger partial charge in [-0.1, -0.05) is 29.8 Å². The van der Waals surface area contributed by atoms with Gasteiger partial charge < -0.3 is 14.6 Å². The molecule has 1 atom stereocenters. The molecule has 3 aromatic rings. The van der Waals surface area contributed by atoms with Gasteiger partial charge in [0.15, 0.2) is 0 Å². The van der Waals surface area contributed by atoms with E-state index in [1.54, 1.807) is 0 Å². The van der Waals surface area contributed by atoms with E-state index in [1.807, 2.05) is 48.9 Å². The molecule has 4 rings (SSSR count). The lowest BCUT2D eigenvalue weighted by atomic mass is 9.93. The van der Waals surface area contributed by atoms with Gasteiger partial charge >= 0.3 is 0 Å². The molecule has 0 unspecified atom stereocenters. The zero-order valence-corrected chi connectivity index (χ0v) is 21.7. The van der Waals surface area contributed by atoms with E-state index in [9.17, 15) is 5.11 Å². The Morgan fingerprint density at radius 1 is 1.09 bits per heavy atom. The molecule has 1 aliphatic heterocycles. The van der Waals surface area contributed by atoms with Crippen molar-refractivity contribution in [2.24, 2.45) is 0 Å². The Bertz CT molecular complexity index is 1130. The van der Waals surface area contributed by atoms with Crippen LogP contribution in [0.3, 0.4) is 0 Å². The third-order valence-corrected chi connectivity index (χ3v) is 6.72. The number of nitrogens with zero attached hydrogens (tertiary/aromatic N) is 3. The second-order valence-corrected chi connectivity index (χ2v) is 10.2. The Morgan fingerprint density at radius 3 is 2.74 bits per heavy atom. The van der Waals surface area contributed by atoms with Crippen molar-refractivity contribution in [3.05, 3.63) is 76.1 Å². The molecule has 1 saturated heterocycles. The molecule has 1 N–H and O–H groups in total. The minimum atomic E-state index is -0.900. The van der Waals surface area contributed by atoms with Gasteiger partial charge in [-0.2, -0.15) is 5.10 Å². The van der Waals surface area contributed by atoms with Crippen molar-refractivity contribution in [3.63, 3.8) is 0 Å². The summed E-state index contributed by atoms with van der Waals surface area (Å²) in [5.41, 5.74) is 3.58. The van der Waals surface area contributed by atoms with Crippen LogP contribution in [0, 0.1) is 20.8 Å². The molecule has 0 saturated carbocycles. The van der Waals surface area contributed by atoms with Crippen LogP contribution in [0.5, 0.6) is 11.5 Å². The van der Waals surface area contributed by atoms with Crippen LogP contribution in [0.15, 0.2) is 48.5 Å². The Labute approximate surface area is 213 Å². The molecule has 6 nitrogen and oxygen atoms in total. The number of piperidine rings is 1. The number of ether oxygens (including phenoxy) is 2. The predicted molar refractivity (Wildman–Crippen MR) is 139 cm³/mol. The van der Waals surface area contributed by atoms with E-state index in [2.05, 4.69) is 35.1 Å². The first-order valence-electron chi connectivity index (χ1n) is 12.4. The zero-order chi connectivity index (χ0) is 24.8. The smallest absolute Gasteiger partial charge is 0.138 e. The topological polar surface area (TPSA) is 59.8 Å². The maximum atomic E-state index is 11.2. The number of aromatic nitrogens is 2. The van der Waals surface area contributed by atoms with Crippen molar-refractivity contribution >= 4 is 11.6 Å². The maximum absolute atomic E-state index is 11.2. The number of rotatable bonds is 10. The molecule has 1 aromatic heterocycles. The Balaban J connectivity index is 1.27. The number of aliphatic hydroxyl groups is 1. The van der Waals surface area contributed by atoms with Crippen molar-refractivity contribution in [3.8, 4) is 11.5 Å². The molecule has 1 aliphatic rings. The molecule has 0 radical (unpaired) electrons. The third kappa shape index (κ3) is 7.23. The number of likely N-dealkylation sites (tertiary alicyclic amines) is 1. The van der Waals surface area contributed by atoms with Crippen molar-refractivity contribution in [2.45, 2.75) is 58.7 Å². The highest BCUT2D eigenvalue weighted by Crippen LogP contribution is 2.29. The van der Waals surface area contributed by atoms with Crippen molar-refractivity contribution < 1.29 is 14.6 Å². The summed E-state index contributed by atoms with van der Waals surface area (Å²) in [4.78, 5) is 2.28. The van der Waals surface area contributed by atoms with E-state index in [0.717, 1.165) is 49.5 Å². The molecular formula is C28H36ClN3O3. The quantitative estimate of drug-likeness (QED) is 0.383. The first-order chi connectivity index (χ1) is 16.8. The standard InChI is InChI=1S/C28H36ClN3O3/c1-21-9-10-26(29)27(15-21)35-20-28(33)11-5-12-31(19-28)18-24-7-4-8-25(17-24)34-14-6-13-32-23(3)16-22(2)30-32/h4,7-10,15-17,33H,5-6,11-14,18-20H2,1-3H3/t28-/m0/s1. The van der Waals surface area contributed by atoms with Gasteiger partial charge in [0.05, 0.1) is 17.3 Å². The molecule has 188 valence electrons. The first kappa shape index (κ1) is 25.5. The Hall–Kier alpha value is -2.54. The van der Waals surface area contributed by atoms with E-state index < -0.39 is 5.60 Å². The van der Waals surface area contributed by atoms with Gasteiger partial charge in [-0.15, -0.1) is 0 Å². The molecular weight excluding hydrogens is 462 g/mol. The molecule has 0 spiro atoms. The largest absolute Gasteiger partial charge is 0.494 e. The summed E-state index contributed by atoms with van der Waals surface area (Å²) >= 11 is 6.26. The van der Waals surface area contributed by atoms with Gasteiger partial charge in [0.25, 0.3) is 0 Å². The number of aryl methyl sites for hydroxylation is 4. The molecule has 35 heavy (non-hydrogen) atoms. The summed E-state index contributed by atoms with van der Waals surface area (Å²) in [5.74, 6) is 1.50. The van der Waals surface area contributed by atoms with Gasteiger partial charge in [0.2, 0.25) is 0 Å². The van der Waals surface area contributed by atoms with Crippen LogP contribution in [-0.4, -0.2) is 51.7 Å². The third-order valence-electron chi connectivity index (χ3n) is 6.41. The van der Waals surface area contributed by atoms with Crippen LogP contribution in [0.1, 0.15) is 41.8 Å². The Kier molecular flexibility index (Phi) is 8.37. The highest BCUT2D eigenvalue weighted by Gasteiger charge is 2.34. The lowest BCUT2D eigenvalue weighted by Gasteiger charge is -2.39. The zero-order valence-electron chi connectivity index (χ0n) is 21.0. The monoisotopic (exact) mass is 497 g/mol. The summed E-state index contributed by atoms with van der Waals surface area (Å²) in [5, 5.41) is 16.3. The summed E-state index contributed by atoms with van der Waals surface area (Å²) in [6, 6.07) is 16.0. The number of hydrogen-bond acceptors (Lipinski definition) is 5. The van der Waals surface area contributed by atoms with Crippen molar-refractivity contribution in [1.29, 1.82) is 0 Å². The highest BCUT2D eigenvalue weighted by molar-refractivity contribution is 6.32. The summed E-state index contributed by atoms with van der Waals surface area (Å²) < 4.78 is 14.0. The van der Waals surface area contributed by atoms with Gasteiger partial charge in [-0.25, -0.2) is 0 Å². The summed E-state index contributed by atoms with van der Waals surface area (Å²) in [6.07, 6.45) is 2.53. The van der Waals surface area contributed by atoms with Crippen molar-refractivity contribution in [1.82, 2.24) is 14.7 Å². The number of β-amino-alcohol motifs (C(OH)–C–C–N with tert-alkyl or cyclic N) is 1. The van der Waals surface area contributed by atoms with E-state index in [4.69, 9.17) is 21.1 Å². The van der Waals surface area contributed by atoms with Gasteiger partial charge in [-0.05, 0) is 81.6 Å². The molecule has 2 aromatic carbocycles. The number of halogens is 1. The van der Waals surface area contributed by atoms with E-state index >= 15 is 0 Å². The molecule has 0 aliphatic carbocycles. The molecule has 0 bridgehead atoms. The average molecular weight is 498 g/mol. The van der Waals surface area contributed by atoms with Crippen LogP contribution < -0.4 is 9.47 Å². The minimum absolute atomic E-state index is 0.227. The molecule has 7 heteroatoms. The van der Waals surface area contributed by atoms with E-state index in [-0.39, 0.29) is 6.61 Å². The lowest BCUT2D eigenvalue weighted by Crippen LogP contribution is -2.51. The maximum Gasteiger partial charge on any atom is 0.138 e. The van der Waals surface area contributed by atoms with E-state index in [0.29, 0.717) is 30.3 Å². The predicted octanol–water partition coefficient (Wildman–Crippen LogP) is 5.34. The van der Waals surface area contributed by atoms with Crippen molar-refractivity contribution in [2.75, 3.05) is 26.3 Å². The second-order valence-electron chi connectivity index (χ2n) is 9.76.